The summed E-state index contributed by atoms with van der Waals surface area (Å²) in [5.74, 6) is -0.678. The first-order chi connectivity index (χ1) is 21.4. The van der Waals surface area contributed by atoms with Gasteiger partial charge in [0.05, 0.1) is 43.1 Å². The lowest BCUT2D eigenvalue weighted by Crippen LogP contribution is -2.59. The number of carbonyl (C=O) groups excluding carboxylic acids is 2. The van der Waals surface area contributed by atoms with Crippen molar-refractivity contribution in [2.24, 2.45) is 5.92 Å². The summed E-state index contributed by atoms with van der Waals surface area (Å²) in [7, 11) is 0. The van der Waals surface area contributed by atoms with Crippen LogP contribution in [0.1, 0.15) is 65.6 Å². The van der Waals surface area contributed by atoms with Gasteiger partial charge in [0.15, 0.2) is 5.82 Å². The van der Waals surface area contributed by atoms with Crippen molar-refractivity contribution in [2.75, 3.05) is 11.4 Å². The van der Waals surface area contributed by atoms with E-state index in [2.05, 4.69) is 33.6 Å². The second kappa shape index (κ2) is 12.6. The van der Waals surface area contributed by atoms with Gasteiger partial charge in [-0.3, -0.25) is 4.90 Å². The Bertz CT molecular complexity index is 1780. The van der Waals surface area contributed by atoms with Crippen molar-refractivity contribution in [3.8, 4) is 17.2 Å². The second-order valence-electron chi connectivity index (χ2n) is 13.8. The Hall–Kier alpha value is -2.88. The van der Waals surface area contributed by atoms with E-state index in [1.54, 1.807) is 61.8 Å². The van der Waals surface area contributed by atoms with Crippen LogP contribution in [0.3, 0.4) is 0 Å². The molecule has 2 amide bonds. The average molecular weight is 781 g/mol. The fourth-order valence-electron chi connectivity index (χ4n) is 6.28. The van der Waals surface area contributed by atoms with Gasteiger partial charge >= 0.3 is 12.2 Å². The van der Waals surface area contributed by atoms with E-state index in [-0.39, 0.29) is 45.9 Å². The number of hydrogen-bond acceptors (Lipinski definition) is 6. The van der Waals surface area contributed by atoms with Crippen LogP contribution in [0.25, 0.3) is 22.0 Å². The number of nitriles is 1. The fraction of sp³-hybridized carbons (Fsp3) is 0.471. The van der Waals surface area contributed by atoms with Gasteiger partial charge in [0.25, 0.3) is 0 Å². The summed E-state index contributed by atoms with van der Waals surface area (Å²) < 4.78 is 29.2. The van der Waals surface area contributed by atoms with Crippen molar-refractivity contribution in [2.45, 2.75) is 91.0 Å². The number of rotatable bonds is 5. The molecular weight excluding hydrogens is 745 g/mol. The SMILES string of the molecule is Cc1nc2c(F)c(-c3cccc(Cl)c3Cl)c(CCC#N)cc2c(N(C(=O)OC(C)(C)C)[C@H]2[C@@H]3C[C@H]2N(C(=O)OC(C)(C)C)C3)c1I. The van der Waals surface area contributed by atoms with Crippen molar-refractivity contribution >= 4 is 74.6 Å². The maximum atomic E-state index is 16.9. The number of anilines is 1. The van der Waals surface area contributed by atoms with Gasteiger partial charge in [-0.1, -0.05) is 35.3 Å². The molecule has 3 atom stereocenters. The van der Waals surface area contributed by atoms with Crippen LogP contribution in [0.4, 0.5) is 19.7 Å². The maximum absolute atomic E-state index is 16.9. The summed E-state index contributed by atoms with van der Waals surface area (Å²) in [4.78, 5) is 35.4. The van der Waals surface area contributed by atoms with Crippen molar-refractivity contribution in [3.05, 3.63) is 55.0 Å². The smallest absolute Gasteiger partial charge is 0.415 e. The molecule has 0 unspecified atom stereocenters. The number of aryl methyl sites for hydroxylation is 2. The number of halogens is 4. The first-order valence-corrected chi connectivity index (χ1v) is 16.9. The summed E-state index contributed by atoms with van der Waals surface area (Å²) in [6.07, 6.45) is -0.0103. The van der Waals surface area contributed by atoms with Gasteiger partial charge < -0.3 is 14.4 Å². The Balaban J connectivity index is 1.75. The van der Waals surface area contributed by atoms with E-state index in [0.717, 1.165) is 0 Å². The van der Waals surface area contributed by atoms with E-state index in [9.17, 15) is 14.9 Å². The van der Waals surface area contributed by atoms with E-state index in [4.69, 9.17) is 32.7 Å². The standard InChI is InChI=1S/C34H36Cl2FIN4O4/c1-17-27(38)30(21-14-18(10-9-13-39)24(26(37)28(21)40-17)20-11-8-12-22(35)25(20)36)42(32(44)46-34(5,6)7)29-19-15-23(29)41(16-19)31(43)45-33(2,3)4/h8,11-12,14,19,23,29H,9-10,15-16H2,1-7H3/t19-,23-,29+/m1/s1. The second-order valence-corrected chi connectivity index (χ2v) is 15.6. The number of ether oxygens (including phenoxy) is 2. The molecule has 244 valence electrons. The van der Waals surface area contributed by atoms with Gasteiger partial charge in [-0.05, 0) is 102 Å². The third kappa shape index (κ3) is 6.47. The fourth-order valence-corrected chi connectivity index (χ4v) is 7.34. The third-order valence-electron chi connectivity index (χ3n) is 8.12. The molecule has 3 fully saturated rings. The van der Waals surface area contributed by atoms with Crippen molar-refractivity contribution < 1.29 is 23.5 Å². The molecular formula is C34H36Cl2FIN4O4. The zero-order valence-corrected chi connectivity index (χ0v) is 30.5. The monoisotopic (exact) mass is 780 g/mol. The molecule has 3 aromatic rings. The molecule has 1 saturated carbocycles. The molecule has 2 saturated heterocycles. The molecule has 3 heterocycles. The summed E-state index contributed by atoms with van der Waals surface area (Å²) >= 11 is 15.1. The molecule has 0 N–H and O–H groups in total. The highest BCUT2D eigenvalue weighted by Crippen LogP contribution is 2.50. The average Bonchev–Trinajstić information content (AvgIpc) is 3.53. The third-order valence-corrected chi connectivity index (χ3v) is 10.2. The Kier molecular flexibility index (Phi) is 9.45. The van der Waals surface area contributed by atoms with E-state index in [1.165, 1.54) is 0 Å². The summed E-state index contributed by atoms with van der Waals surface area (Å²) in [6.45, 7) is 13.0. The van der Waals surface area contributed by atoms with Crippen LogP contribution in [0.15, 0.2) is 24.3 Å². The van der Waals surface area contributed by atoms with Gasteiger partial charge in [0.1, 0.15) is 16.7 Å². The number of fused-ring (bicyclic) bond motifs is 2. The zero-order chi connectivity index (χ0) is 33.9. The molecule has 46 heavy (non-hydrogen) atoms. The minimum Gasteiger partial charge on any atom is -0.444 e. The number of benzene rings is 2. The Morgan fingerprint density at radius 2 is 1.85 bits per heavy atom. The topological polar surface area (TPSA) is 95.8 Å². The molecule has 2 aliphatic heterocycles. The predicted molar refractivity (Wildman–Crippen MR) is 186 cm³/mol. The number of aromatic nitrogens is 1. The Morgan fingerprint density at radius 3 is 2.48 bits per heavy atom. The van der Waals surface area contributed by atoms with Crippen LogP contribution < -0.4 is 4.90 Å². The van der Waals surface area contributed by atoms with Crippen LogP contribution in [0.2, 0.25) is 10.0 Å². The van der Waals surface area contributed by atoms with E-state index in [1.807, 2.05) is 20.8 Å². The minimum atomic E-state index is -0.827. The lowest BCUT2D eigenvalue weighted by atomic mass is 9.78. The van der Waals surface area contributed by atoms with Gasteiger partial charge in [-0.15, -0.1) is 0 Å². The van der Waals surface area contributed by atoms with E-state index >= 15 is 4.39 Å². The normalized spacial score (nSPS) is 19.1. The lowest BCUT2D eigenvalue weighted by molar-refractivity contribution is 0.0216. The molecule has 0 radical (unpaired) electrons. The highest BCUT2D eigenvalue weighted by atomic mass is 127. The highest BCUT2D eigenvalue weighted by Gasteiger charge is 2.59. The van der Waals surface area contributed by atoms with E-state index in [0.29, 0.717) is 44.4 Å². The molecule has 6 rings (SSSR count). The van der Waals surface area contributed by atoms with Crippen molar-refractivity contribution in [1.29, 1.82) is 5.26 Å². The lowest BCUT2D eigenvalue weighted by Gasteiger charge is -2.44. The van der Waals surface area contributed by atoms with Crippen LogP contribution in [-0.4, -0.2) is 51.9 Å². The molecule has 2 bridgehead atoms. The van der Waals surface area contributed by atoms with Crippen LogP contribution >= 0.6 is 45.8 Å². The molecule has 1 aromatic heterocycles. The summed E-state index contributed by atoms with van der Waals surface area (Å²) in [5.41, 5.74) is 0.611. The van der Waals surface area contributed by atoms with Crippen LogP contribution in [-0.2, 0) is 15.9 Å². The molecule has 0 spiro atoms. The molecule has 12 heteroatoms. The molecule has 8 nitrogen and oxygen atoms in total. The quantitative estimate of drug-likeness (QED) is 0.240. The molecule has 3 aliphatic rings. The van der Waals surface area contributed by atoms with Gasteiger partial charge in [-0.25, -0.2) is 19.0 Å². The number of carbonyl (C=O) groups is 2. The van der Waals surface area contributed by atoms with Gasteiger partial charge in [0, 0.05) is 35.4 Å². The summed E-state index contributed by atoms with van der Waals surface area (Å²) in [5, 5.41) is 10.3. The van der Waals surface area contributed by atoms with E-state index < -0.39 is 35.2 Å². The molecule has 1 aliphatic carbocycles. The van der Waals surface area contributed by atoms with Crippen LogP contribution in [0.5, 0.6) is 0 Å². The molecule has 2 aromatic carbocycles. The van der Waals surface area contributed by atoms with Crippen LogP contribution in [0, 0.1) is 33.6 Å². The largest absolute Gasteiger partial charge is 0.444 e. The van der Waals surface area contributed by atoms with Gasteiger partial charge in [0.2, 0.25) is 0 Å². The first kappa shape index (κ1) is 34.5. The summed E-state index contributed by atoms with van der Waals surface area (Å²) in [6, 6.07) is 8.16. The highest BCUT2D eigenvalue weighted by molar-refractivity contribution is 14.1. The zero-order valence-electron chi connectivity index (χ0n) is 26.8. The number of hydrogen-bond donors (Lipinski definition) is 0. The Labute approximate surface area is 292 Å². The number of amides is 2. The first-order valence-electron chi connectivity index (χ1n) is 15.1. The number of pyridine rings is 1. The Morgan fingerprint density at radius 1 is 1.17 bits per heavy atom. The van der Waals surface area contributed by atoms with Gasteiger partial charge in [-0.2, -0.15) is 5.26 Å². The maximum Gasteiger partial charge on any atom is 0.415 e. The minimum absolute atomic E-state index is 0.0446. The number of nitrogens with zero attached hydrogens (tertiary/aromatic N) is 4. The van der Waals surface area contributed by atoms with Crippen molar-refractivity contribution in [1.82, 2.24) is 9.88 Å². The van der Waals surface area contributed by atoms with Crippen molar-refractivity contribution in [3.63, 3.8) is 0 Å². The predicted octanol–water partition coefficient (Wildman–Crippen LogP) is 9.47.